The van der Waals surface area contributed by atoms with Gasteiger partial charge in [0.25, 0.3) is 0 Å². The van der Waals surface area contributed by atoms with Gasteiger partial charge in [0.2, 0.25) is 9.05 Å². The van der Waals surface area contributed by atoms with Gasteiger partial charge in [0, 0.05) is 16.7 Å². The summed E-state index contributed by atoms with van der Waals surface area (Å²) in [5.74, 6) is -0.314. The molecule has 0 unspecified atom stereocenters. The van der Waals surface area contributed by atoms with Crippen molar-refractivity contribution in [2.45, 2.75) is 26.0 Å². The molecule has 1 aromatic carbocycles. The van der Waals surface area contributed by atoms with Gasteiger partial charge in [-0.2, -0.15) is 0 Å². The van der Waals surface area contributed by atoms with Crippen LogP contribution in [-0.2, 0) is 20.4 Å². The van der Waals surface area contributed by atoms with E-state index in [-0.39, 0.29) is 12.4 Å². The Balaban J connectivity index is 2.41. The van der Waals surface area contributed by atoms with E-state index in [2.05, 4.69) is 5.32 Å². The molecule has 0 saturated heterocycles. The van der Waals surface area contributed by atoms with Crippen LogP contribution < -0.4 is 5.32 Å². The Morgan fingerprint density at radius 1 is 1.37 bits per heavy atom. The third kappa shape index (κ3) is 7.03. The fraction of sp³-hybridized carbons (Fsp3) is 0.417. The topological polar surface area (TPSA) is 72.5 Å². The molecule has 7 heteroatoms. The quantitative estimate of drug-likeness (QED) is 0.818. The lowest BCUT2D eigenvalue weighted by Gasteiger charge is -2.15. The molecule has 0 spiro atoms. The molecular weight excluding hydrogens is 290 g/mol. The van der Waals surface area contributed by atoms with E-state index >= 15 is 0 Å². The average Bonchev–Trinajstić information content (AvgIpc) is 2.35. The van der Waals surface area contributed by atoms with Crippen molar-refractivity contribution in [2.24, 2.45) is 0 Å². The number of hydrogen-bond acceptors (Lipinski definition) is 4. The summed E-state index contributed by atoms with van der Waals surface area (Å²) in [6.07, 6.45) is -0.206. The fourth-order valence-electron chi connectivity index (χ4n) is 1.43. The molecule has 5 nitrogen and oxygen atoms in total. The van der Waals surface area contributed by atoms with Crippen LogP contribution in [0.3, 0.4) is 0 Å². The Morgan fingerprint density at radius 3 is 2.53 bits per heavy atom. The van der Waals surface area contributed by atoms with Gasteiger partial charge in [0.15, 0.2) is 0 Å². The molecular formula is C12H16ClNO4S. The minimum absolute atomic E-state index is 0.136. The second-order valence-corrected chi connectivity index (χ2v) is 6.84. The highest BCUT2D eigenvalue weighted by Gasteiger charge is 2.18. The zero-order valence-corrected chi connectivity index (χ0v) is 12.1. The van der Waals surface area contributed by atoms with Crippen LogP contribution in [0.4, 0.5) is 4.79 Å². The molecule has 1 aromatic rings. The lowest BCUT2D eigenvalue weighted by molar-refractivity contribution is 0.136. The van der Waals surface area contributed by atoms with E-state index in [4.69, 9.17) is 15.4 Å². The molecule has 0 bridgehead atoms. The first kappa shape index (κ1) is 15.8. The van der Waals surface area contributed by atoms with Crippen LogP contribution in [0.25, 0.3) is 0 Å². The SMILES string of the molecule is CC[C@@H](CS(=O)(=O)Cl)NC(=O)OCc1ccccc1. The third-order valence-electron chi connectivity index (χ3n) is 2.43. The van der Waals surface area contributed by atoms with Gasteiger partial charge in [-0.25, -0.2) is 13.2 Å². The number of ether oxygens (including phenoxy) is 1. The summed E-state index contributed by atoms with van der Waals surface area (Å²) in [5, 5.41) is 2.47. The fourth-order valence-corrected chi connectivity index (χ4v) is 2.69. The second kappa shape index (κ2) is 7.35. The number of hydrogen-bond donors (Lipinski definition) is 1. The summed E-state index contributed by atoms with van der Waals surface area (Å²) in [6.45, 7) is 1.89. The van der Waals surface area contributed by atoms with Gasteiger partial charge in [0.05, 0.1) is 5.75 Å². The van der Waals surface area contributed by atoms with E-state index in [0.717, 1.165) is 5.56 Å². The summed E-state index contributed by atoms with van der Waals surface area (Å²) in [4.78, 5) is 11.5. The lowest BCUT2D eigenvalue weighted by atomic mass is 10.2. The first-order valence-electron chi connectivity index (χ1n) is 5.80. The molecule has 19 heavy (non-hydrogen) atoms. The Morgan fingerprint density at radius 2 is 2.00 bits per heavy atom. The summed E-state index contributed by atoms with van der Waals surface area (Å²) < 4.78 is 26.9. The van der Waals surface area contributed by atoms with Crippen molar-refractivity contribution in [2.75, 3.05) is 5.75 Å². The predicted molar refractivity (Wildman–Crippen MR) is 73.5 cm³/mol. The molecule has 0 fully saturated rings. The number of alkyl carbamates (subject to hydrolysis) is 1. The first-order valence-corrected chi connectivity index (χ1v) is 8.28. The normalized spacial score (nSPS) is 12.7. The average molecular weight is 306 g/mol. The summed E-state index contributed by atoms with van der Waals surface area (Å²) in [6, 6.07) is 8.64. The maximum Gasteiger partial charge on any atom is 0.407 e. The number of rotatable bonds is 6. The molecule has 1 atom stereocenters. The minimum atomic E-state index is -3.65. The largest absolute Gasteiger partial charge is 0.445 e. The highest BCUT2D eigenvalue weighted by Crippen LogP contribution is 2.04. The van der Waals surface area contributed by atoms with Crippen LogP contribution in [0.2, 0.25) is 0 Å². The van der Waals surface area contributed by atoms with Crippen LogP contribution in [0.15, 0.2) is 30.3 Å². The number of halogens is 1. The van der Waals surface area contributed by atoms with Crippen molar-refractivity contribution in [3.05, 3.63) is 35.9 Å². The van der Waals surface area contributed by atoms with Gasteiger partial charge in [-0.15, -0.1) is 0 Å². The minimum Gasteiger partial charge on any atom is -0.445 e. The molecule has 0 aliphatic heterocycles. The van der Waals surface area contributed by atoms with Crippen molar-refractivity contribution in [1.29, 1.82) is 0 Å². The molecule has 0 heterocycles. The summed E-state index contributed by atoms with van der Waals surface area (Å²) in [7, 11) is 1.50. The molecule has 0 aliphatic rings. The molecule has 0 radical (unpaired) electrons. The van der Waals surface area contributed by atoms with Gasteiger partial charge in [-0.05, 0) is 12.0 Å². The summed E-state index contributed by atoms with van der Waals surface area (Å²) >= 11 is 0. The maximum absolute atomic E-state index is 11.5. The highest BCUT2D eigenvalue weighted by molar-refractivity contribution is 8.13. The molecule has 0 aliphatic carbocycles. The number of carbonyl (C=O) groups is 1. The van der Waals surface area contributed by atoms with E-state index in [1.807, 2.05) is 30.3 Å². The van der Waals surface area contributed by atoms with E-state index < -0.39 is 21.2 Å². The van der Waals surface area contributed by atoms with Gasteiger partial charge in [-0.1, -0.05) is 37.3 Å². The highest BCUT2D eigenvalue weighted by atomic mass is 35.7. The Bertz CT molecular complexity index is 504. The molecule has 1 amide bonds. The maximum atomic E-state index is 11.5. The Labute approximate surface area is 117 Å². The van der Waals surface area contributed by atoms with Crippen LogP contribution in [0.1, 0.15) is 18.9 Å². The van der Waals surface area contributed by atoms with Crippen LogP contribution in [0.5, 0.6) is 0 Å². The molecule has 0 saturated carbocycles. The van der Waals surface area contributed by atoms with Crippen LogP contribution >= 0.6 is 10.7 Å². The predicted octanol–water partition coefficient (Wildman–Crippen LogP) is 2.26. The van der Waals surface area contributed by atoms with Crippen molar-refractivity contribution in [3.8, 4) is 0 Å². The Kier molecular flexibility index (Phi) is 6.11. The lowest BCUT2D eigenvalue weighted by Crippen LogP contribution is -2.38. The second-order valence-electron chi connectivity index (χ2n) is 4.02. The van der Waals surface area contributed by atoms with Crippen molar-refractivity contribution in [3.63, 3.8) is 0 Å². The van der Waals surface area contributed by atoms with Gasteiger partial charge < -0.3 is 10.1 Å². The van der Waals surface area contributed by atoms with Gasteiger partial charge in [0.1, 0.15) is 6.61 Å². The number of carbonyl (C=O) groups excluding carboxylic acids is 1. The van der Waals surface area contributed by atoms with Crippen LogP contribution in [-0.4, -0.2) is 26.3 Å². The monoisotopic (exact) mass is 305 g/mol. The Hall–Kier alpha value is -1.27. The summed E-state index contributed by atoms with van der Waals surface area (Å²) in [5.41, 5.74) is 0.857. The van der Waals surface area contributed by atoms with E-state index in [1.165, 1.54) is 0 Å². The van der Waals surface area contributed by atoms with E-state index in [9.17, 15) is 13.2 Å². The van der Waals surface area contributed by atoms with Gasteiger partial charge >= 0.3 is 6.09 Å². The third-order valence-corrected chi connectivity index (χ3v) is 3.61. The first-order chi connectivity index (χ1) is 8.90. The smallest absolute Gasteiger partial charge is 0.407 e. The number of amides is 1. The molecule has 106 valence electrons. The number of benzene rings is 1. The standard InChI is InChI=1S/C12H16ClNO4S/c1-2-11(9-19(13,16)17)14-12(15)18-8-10-6-4-3-5-7-10/h3-7,11H,2,8-9H2,1H3,(H,14,15)/t11-/m0/s1. The zero-order chi connectivity index (χ0) is 14.3. The zero-order valence-electron chi connectivity index (χ0n) is 10.5. The molecule has 1 N–H and O–H groups in total. The van der Waals surface area contributed by atoms with Gasteiger partial charge in [-0.3, -0.25) is 0 Å². The molecule has 1 rings (SSSR count). The molecule has 0 aromatic heterocycles. The number of nitrogens with one attached hydrogen (secondary N) is 1. The van der Waals surface area contributed by atoms with Crippen molar-refractivity contribution in [1.82, 2.24) is 5.32 Å². The van der Waals surface area contributed by atoms with Crippen LogP contribution in [0, 0.1) is 0 Å². The van der Waals surface area contributed by atoms with Crippen molar-refractivity contribution < 1.29 is 17.9 Å². The van der Waals surface area contributed by atoms with E-state index in [1.54, 1.807) is 6.92 Å². The van der Waals surface area contributed by atoms with E-state index in [0.29, 0.717) is 6.42 Å². The van der Waals surface area contributed by atoms with Crippen molar-refractivity contribution >= 4 is 25.8 Å².